The molecular weight excluding hydrogens is 284 g/mol. The van der Waals surface area contributed by atoms with E-state index < -0.39 is 0 Å². The number of hydrogen-bond acceptors (Lipinski definition) is 2. The van der Waals surface area contributed by atoms with Crippen LogP contribution in [0.25, 0.3) is 0 Å². The predicted octanol–water partition coefficient (Wildman–Crippen LogP) is 6.28. The van der Waals surface area contributed by atoms with Gasteiger partial charge < -0.3 is 4.74 Å². The molecule has 0 aliphatic heterocycles. The third-order valence-corrected chi connectivity index (χ3v) is 3.89. The number of carbonyl (C=O) groups is 1. The third kappa shape index (κ3) is 19.0. The van der Waals surface area contributed by atoms with Crippen molar-refractivity contribution in [2.45, 2.75) is 105 Å². The molecule has 0 rings (SSSR count). The van der Waals surface area contributed by atoms with E-state index in [0.29, 0.717) is 11.8 Å². The monoisotopic (exact) mass is 322 g/mol. The van der Waals surface area contributed by atoms with Crippen LogP contribution in [-0.4, -0.2) is 12.6 Å². The van der Waals surface area contributed by atoms with Gasteiger partial charge in [0.15, 0.2) is 6.61 Å². The van der Waals surface area contributed by atoms with Crippen molar-refractivity contribution >= 4 is 5.97 Å². The Morgan fingerprint density at radius 3 is 2.22 bits per heavy atom. The summed E-state index contributed by atoms with van der Waals surface area (Å²) in [5.41, 5.74) is 0.445. The molecule has 0 N–H and O–H groups in total. The lowest BCUT2D eigenvalue weighted by Crippen LogP contribution is -2.05. The molecule has 0 aromatic heterocycles. The quantitative estimate of drug-likeness (QED) is 0.240. The molecule has 0 aromatic carbocycles. The second kappa shape index (κ2) is 14.6. The summed E-state index contributed by atoms with van der Waals surface area (Å²) in [6.45, 7) is 9.33. The standard InChI is InChI=1S/C21H38O2/c1-5-6-7-8-9-13-16-19-23-20(22)17-14-11-10-12-15-18-21(2,3)4/h5-12,14-15,17-19H2,1-4H3. The first-order valence-corrected chi connectivity index (χ1v) is 9.57. The molecule has 0 amide bonds. The van der Waals surface area contributed by atoms with Crippen molar-refractivity contribution in [1.29, 1.82) is 0 Å². The van der Waals surface area contributed by atoms with Crippen molar-refractivity contribution in [3.05, 3.63) is 0 Å². The first-order chi connectivity index (χ1) is 11.0. The van der Waals surface area contributed by atoms with Crippen LogP contribution in [0.1, 0.15) is 105 Å². The summed E-state index contributed by atoms with van der Waals surface area (Å²) in [6, 6.07) is 0. The maximum Gasteiger partial charge on any atom is 0.306 e. The fraction of sp³-hybridized carbons (Fsp3) is 0.857. The molecule has 0 spiro atoms. The Balaban J connectivity index is 3.36. The summed E-state index contributed by atoms with van der Waals surface area (Å²) in [6.07, 6.45) is 13.6. The molecule has 0 unspecified atom stereocenters. The van der Waals surface area contributed by atoms with Gasteiger partial charge in [0, 0.05) is 12.8 Å². The summed E-state index contributed by atoms with van der Waals surface area (Å²) >= 11 is 0. The van der Waals surface area contributed by atoms with Crippen LogP contribution < -0.4 is 0 Å². The van der Waals surface area contributed by atoms with E-state index in [9.17, 15) is 4.79 Å². The van der Waals surface area contributed by atoms with Crippen LogP contribution in [0.5, 0.6) is 0 Å². The highest BCUT2D eigenvalue weighted by Gasteiger charge is 2.08. The summed E-state index contributed by atoms with van der Waals surface area (Å²) in [4.78, 5) is 11.5. The topological polar surface area (TPSA) is 26.3 Å². The van der Waals surface area contributed by atoms with Crippen LogP contribution in [0.2, 0.25) is 0 Å². The average Bonchev–Trinajstić information content (AvgIpc) is 2.48. The molecule has 0 fully saturated rings. The van der Waals surface area contributed by atoms with E-state index in [4.69, 9.17) is 4.74 Å². The second-order valence-corrected chi connectivity index (χ2v) is 7.65. The van der Waals surface area contributed by atoms with Crippen LogP contribution >= 0.6 is 0 Å². The fourth-order valence-electron chi connectivity index (χ4n) is 2.42. The van der Waals surface area contributed by atoms with Crippen molar-refractivity contribution in [3.63, 3.8) is 0 Å². The SMILES string of the molecule is CCCCCCC#CCOC(=O)CCCCCCCC(C)(C)C. The Kier molecular flexibility index (Phi) is 14.0. The maximum absolute atomic E-state index is 11.5. The molecular formula is C21H38O2. The molecule has 0 atom stereocenters. The largest absolute Gasteiger partial charge is 0.452 e. The van der Waals surface area contributed by atoms with Gasteiger partial charge in [0.2, 0.25) is 0 Å². The minimum atomic E-state index is -0.0972. The zero-order chi connectivity index (χ0) is 17.4. The molecule has 134 valence electrons. The van der Waals surface area contributed by atoms with Crippen molar-refractivity contribution in [2.24, 2.45) is 5.41 Å². The number of carbonyl (C=O) groups excluding carboxylic acids is 1. The van der Waals surface area contributed by atoms with Crippen LogP contribution in [0, 0.1) is 17.3 Å². The molecule has 0 saturated heterocycles. The summed E-state index contributed by atoms with van der Waals surface area (Å²) < 4.78 is 5.13. The lowest BCUT2D eigenvalue weighted by atomic mass is 9.89. The van der Waals surface area contributed by atoms with E-state index in [1.54, 1.807) is 0 Å². The van der Waals surface area contributed by atoms with Gasteiger partial charge in [-0.15, -0.1) is 0 Å². The number of ether oxygens (including phenoxy) is 1. The molecule has 2 heteroatoms. The van der Waals surface area contributed by atoms with Gasteiger partial charge in [0.05, 0.1) is 0 Å². The Hall–Kier alpha value is -0.970. The predicted molar refractivity (Wildman–Crippen MR) is 99.3 cm³/mol. The van der Waals surface area contributed by atoms with Crippen molar-refractivity contribution in [3.8, 4) is 11.8 Å². The van der Waals surface area contributed by atoms with E-state index in [0.717, 1.165) is 25.7 Å². The third-order valence-electron chi connectivity index (χ3n) is 3.89. The number of unbranched alkanes of at least 4 members (excludes halogenated alkanes) is 8. The van der Waals surface area contributed by atoms with Crippen LogP contribution in [0.4, 0.5) is 0 Å². The Morgan fingerprint density at radius 1 is 0.870 bits per heavy atom. The smallest absolute Gasteiger partial charge is 0.306 e. The molecule has 0 saturated carbocycles. The molecule has 0 heterocycles. The molecule has 0 aliphatic carbocycles. The van der Waals surface area contributed by atoms with Crippen molar-refractivity contribution < 1.29 is 9.53 Å². The van der Waals surface area contributed by atoms with Gasteiger partial charge in [-0.05, 0) is 24.7 Å². The first kappa shape index (κ1) is 22.0. The Morgan fingerprint density at radius 2 is 1.52 bits per heavy atom. The highest BCUT2D eigenvalue weighted by Crippen LogP contribution is 2.22. The average molecular weight is 323 g/mol. The normalized spacial score (nSPS) is 11.0. The van der Waals surface area contributed by atoms with Gasteiger partial charge in [0.25, 0.3) is 0 Å². The maximum atomic E-state index is 11.5. The lowest BCUT2D eigenvalue weighted by molar-refractivity contribution is -0.142. The Labute approximate surface area is 144 Å². The lowest BCUT2D eigenvalue weighted by Gasteiger charge is -2.17. The van der Waals surface area contributed by atoms with E-state index in [1.807, 2.05) is 0 Å². The van der Waals surface area contributed by atoms with Gasteiger partial charge in [-0.3, -0.25) is 4.79 Å². The van der Waals surface area contributed by atoms with Crippen molar-refractivity contribution in [1.82, 2.24) is 0 Å². The van der Waals surface area contributed by atoms with E-state index >= 15 is 0 Å². The molecule has 0 radical (unpaired) electrons. The number of hydrogen-bond donors (Lipinski definition) is 0. The highest BCUT2D eigenvalue weighted by atomic mass is 16.5. The molecule has 0 aliphatic rings. The number of rotatable bonds is 12. The van der Waals surface area contributed by atoms with E-state index in [2.05, 4.69) is 39.5 Å². The summed E-state index contributed by atoms with van der Waals surface area (Å²) in [5.74, 6) is 5.91. The minimum absolute atomic E-state index is 0.0972. The second-order valence-electron chi connectivity index (χ2n) is 7.65. The highest BCUT2D eigenvalue weighted by molar-refractivity contribution is 5.69. The Bertz CT molecular complexity index is 341. The summed E-state index contributed by atoms with van der Waals surface area (Å²) in [5, 5.41) is 0. The van der Waals surface area contributed by atoms with Gasteiger partial charge >= 0.3 is 5.97 Å². The van der Waals surface area contributed by atoms with Gasteiger partial charge in [-0.25, -0.2) is 0 Å². The number of esters is 1. The molecule has 0 bridgehead atoms. The summed E-state index contributed by atoms with van der Waals surface area (Å²) in [7, 11) is 0. The molecule has 23 heavy (non-hydrogen) atoms. The van der Waals surface area contributed by atoms with E-state index in [1.165, 1.54) is 44.9 Å². The van der Waals surface area contributed by atoms with Crippen LogP contribution in [0.15, 0.2) is 0 Å². The minimum Gasteiger partial charge on any atom is -0.452 e. The van der Waals surface area contributed by atoms with Gasteiger partial charge in [0.1, 0.15) is 0 Å². The van der Waals surface area contributed by atoms with Crippen LogP contribution in [0.3, 0.4) is 0 Å². The zero-order valence-corrected chi connectivity index (χ0v) is 16.0. The fourth-order valence-corrected chi connectivity index (χ4v) is 2.42. The zero-order valence-electron chi connectivity index (χ0n) is 16.0. The van der Waals surface area contributed by atoms with Gasteiger partial charge in [-0.1, -0.05) is 84.5 Å². The van der Waals surface area contributed by atoms with Crippen LogP contribution in [-0.2, 0) is 9.53 Å². The molecule has 2 nitrogen and oxygen atoms in total. The first-order valence-electron chi connectivity index (χ1n) is 9.57. The van der Waals surface area contributed by atoms with Gasteiger partial charge in [-0.2, -0.15) is 0 Å². The molecule has 0 aromatic rings. The van der Waals surface area contributed by atoms with Crippen molar-refractivity contribution in [2.75, 3.05) is 6.61 Å². The van der Waals surface area contributed by atoms with E-state index in [-0.39, 0.29) is 12.6 Å².